The van der Waals surface area contributed by atoms with Crippen LogP contribution in [0, 0.1) is 0 Å². The zero-order valence-corrected chi connectivity index (χ0v) is 17.3. The van der Waals surface area contributed by atoms with E-state index in [0.717, 1.165) is 16.3 Å². The number of anilines is 1. The summed E-state index contributed by atoms with van der Waals surface area (Å²) in [5.41, 5.74) is 3.12. The van der Waals surface area contributed by atoms with Crippen molar-refractivity contribution in [3.63, 3.8) is 0 Å². The van der Waals surface area contributed by atoms with E-state index in [1.807, 2.05) is 60.1 Å². The highest BCUT2D eigenvalue weighted by atomic mass is 32.1. The molecule has 2 aromatic carbocycles. The summed E-state index contributed by atoms with van der Waals surface area (Å²) < 4.78 is 12.4. The zero-order valence-electron chi connectivity index (χ0n) is 16.5. The second kappa shape index (κ2) is 8.79. The Morgan fingerprint density at radius 3 is 2.70 bits per heavy atom. The molecule has 0 unspecified atom stereocenters. The lowest BCUT2D eigenvalue weighted by atomic mass is 10.2. The quantitative estimate of drug-likeness (QED) is 0.485. The predicted molar refractivity (Wildman–Crippen MR) is 117 cm³/mol. The van der Waals surface area contributed by atoms with Crippen LogP contribution in [-0.2, 0) is 11.2 Å². The number of amides is 1. The molecular weight excluding hydrogens is 400 g/mol. The molecule has 7 nitrogen and oxygen atoms in total. The van der Waals surface area contributed by atoms with E-state index in [1.165, 1.54) is 11.3 Å². The van der Waals surface area contributed by atoms with Gasteiger partial charge in [-0.1, -0.05) is 12.1 Å². The van der Waals surface area contributed by atoms with Crippen LogP contribution >= 0.6 is 11.3 Å². The van der Waals surface area contributed by atoms with Crippen molar-refractivity contribution >= 4 is 22.9 Å². The minimum atomic E-state index is -0.140. The number of para-hydroxylation sites is 2. The molecule has 30 heavy (non-hydrogen) atoms. The monoisotopic (exact) mass is 420 g/mol. The van der Waals surface area contributed by atoms with Crippen LogP contribution in [0.5, 0.6) is 11.5 Å². The first-order valence-corrected chi connectivity index (χ1v) is 10.1. The third kappa shape index (κ3) is 4.18. The summed E-state index contributed by atoms with van der Waals surface area (Å²) in [6.07, 6.45) is 3.71. The van der Waals surface area contributed by atoms with Gasteiger partial charge in [-0.2, -0.15) is 5.10 Å². The Labute approximate surface area is 177 Å². The molecule has 4 rings (SSSR count). The highest BCUT2D eigenvalue weighted by Crippen LogP contribution is 2.33. The molecule has 0 saturated heterocycles. The number of ether oxygens (including phenoxy) is 2. The predicted octanol–water partition coefficient (Wildman–Crippen LogP) is 4.19. The lowest BCUT2D eigenvalue weighted by Gasteiger charge is -2.10. The van der Waals surface area contributed by atoms with Crippen LogP contribution in [-0.4, -0.2) is 34.9 Å². The number of nitrogens with zero attached hydrogens (tertiary/aromatic N) is 3. The lowest BCUT2D eigenvalue weighted by Crippen LogP contribution is -2.16. The molecule has 4 aromatic rings. The Balaban J connectivity index is 1.48. The topological polar surface area (TPSA) is 78.3 Å². The molecule has 0 radical (unpaired) electrons. The van der Waals surface area contributed by atoms with Crippen molar-refractivity contribution in [2.45, 2.75) is 6.42 Å². The first kappa shape index (κ1) is 19.7. The van der Waals surface area contributed by atoms with E-state index in [0.29, 0.717) is 22.9 Å². The van der Waals surface area contributed by atoms with E-state index in [9.17, 15) is 4.79 Å². The fourth-order valence-corrected chi connectivity index (χ4v) is 3.86. The average molecular weight is 420 g/mol. The molecule has 0 atom stereocenters. The molecule has 2 aromatic heterocycles. The highest BCUT2D eigenvalue weighted by Gasteiger charge is 2.13. The fourth-order valence-electron chi connectivity index (χ4n) is 3.04. The SMILES string of the molecule is COc1ccc(-c2nc(CC(=O)Nc3ccccc3-n3cccn3)cs2)cc1OC. The zero-order chi connectivity index (χ0) is 20.9. The molecule has 0 aliphatic rings. The number of carbonyl (C=O) groups is 1. The molecule has 0 aliphatic heterocycles. The largest absolute Gasteiger partial charge is 0.493 e. The van der Waals surface area contributed by atoms with Crippen LogP contribution in [0.3, 0.4) is 0 Å². The molecule has 0 spiro atoms. The number of benzene rings is 2. The second-order valence-electron chi connectivity index (χ2n) is 6.41. The Bertz CT molecular complexity index is 1150. The molecule has 1 N–H and O–H groups in total. The first-order chi connectivity index (χ1) is 14.7. The van der Waals surface area contributed by atoms with Crippen molar-refractivity contribution in [1.29, 1.82) is 0 Å². The van der Waals surface area contributed by atoms with E-state index in [2.05, 4.69) is 15.4 Å². The number of hydrogen-bond donors (Lipinski definition) is 1. The van der Waals surface area contributed by atoms with Gasteiger partial charge in [0.15, 0.2) is 11.5 Å². The van der Waals surface area contributed by atoms with Crippen LogP contribution in [0.1, 0.15) is 5.69 Å². The Kier molecular flexibility index (Phi) is 5.76. The van der Waals surface area contributed by atoms with Crippen molar-refractivity contribution in [3.8, 4) is 27.8 Å². The van der Waals surface area contributed by atoms with Gasteiger partial charge in [0.25, 0.3) is 0 Å². The van der Waals surface area contributed by atoms with E-state index < -0.39 is 0 Å². The number of nitrogens with one attached hydrogen (secondary N) is 1. The first-order valence-electron chi connectivity index (χ1n) is 9.23. The maximum Gasteiger partial charge on any atom is 0.230 e. The van der Waals surface area contributed by atoms with Crippen molar-refractivity contribution < 1.29 is 14.3 Å². The van der Waals surface area contributed by atoms with Crippen LogP contribution in [0.2, 0.25) is 0 Å². The maximum absolute atomic E-state index is 12.6. The molecule has 0 saturated carbocycles. The number of hydrogen-bond acceptors (Lipinski definition) is 6. The van der Waals surface area contributed by atoms with Crippen molar-refractivity contribution in [2.75, 3.05) is 19.5 Å². The van der Waals surface area contributed by atoms with Crippen molar-refractivity contribution in [1.82, 2.24) is 14.8 Å². The van der Waals surface area contributed by atoms with Crippen molar-refractivity contribution in [3.05, 3.63) is 72.0 Å². The molecule has 2 heterocycles. The van der Waals surface area contributed by atoms with Gasteiger partial charge in [0, 0.05) is 23.3 Å². The molecule has 0 fully saturated rings. The minimum absolute atomic E-state index is 0.140. The Morgan fingerprint density at radius 1 is 1.10 bits per heavy atom. The van der Waals surface area contributed by atoms with Gasteiger partial charge in [-0.3, -0.25) is 4.79 Å². The summed E-state index contributed by atoms with van der Waals surface area (Å²) in [4.78, 5) is 17.2. The molecule has 0 bridgehead atoms. The minimum Gasteiger partial charge on any atom is -0.493 e. The van der Waals surface area contributed by atoms with Crippen molar-refractivity contribution in [2.24, 2.45) is 0 Å². The third-order valence-electron chi connectivity index (χ3n) is 4.45. The van der Waals surface area contributed by atoms with Gasteiger partial charge >= 0.3 is 0 Å². The van der Waals surface area contributed by atoms with Gasteiger partial charge in [-0.15, -0.1) is 11.3 Å². The van der Waals surface area contributed by atoms with E-state index in [-0.39, 0.29) is 12.3 Å². The van der Waals surface area contributed by atoms with Crippen LogP contribution in [0.15, 0.2) is 66.3 Å². The van der Waals surface area contributed by atoms with E-state index >= 15 is 0 Å². The normalized spacial score (nSPS) is 10.6. The number of methoxy groups -OCH3 is 2. The van der Waals surface area contributed by atoms with E-state index in [4.69, 9.17) is 9.47 Å². The summed E-state index contributed by atoms with van der Waals surface area (Å²) in [7, 11) is 3.20. The Morgan fingerprint density at radius 2 is 1.93 bits per heavy atom. The summed E-state index contributed by atoms with van der Waals surface area (Å²) in [6, 6.07) is 15.0. The molecule has 152 valence electrons. The summed E-state index contributed by atoms with van der Waals surface area (Å²) in [5, 5.41) is 9.90. The summed E-state index contributed by atoms with van der Waals surface area (Å²) >= 11 is 1.48. The number of thiazole rings is 1. The van der Waals surface area contributed by atoms with Crippen LogP contribution < -0.4 is 14.8 Å². The average Bonchev–Trinajstić information content (AvgIpc) is 3.46. The van der Waals surface area contributed by atoms with Gasteiger partial charge in [0.2, 0.25) is 5.91 Å². The Hall–Kier alpha value is -3.65. The van der Waals surface area contributed by atoms with Gasteiger partial charge in [0.1, 0.15) is 5.01 Å². The van der Waals surface area contributed by atoms with Crippen LogP contribution in [0.25, 0.3) is 16.3 Å². The standard InChI is InChI=1S/C22H20N4O3S/c1-28-19-9-8-15(12-20(19)29-2)22-24-16(14-30-22)13-21(27)25-17-6-3-4-7-18(17)26-11-5-10-23-26/h3-12,14H,13H2,1-2H3,(H,25,27). The number of aromatic nitrogens is 3. The molecule has 8 heteroatoms. The maximum atomic E-state index is 12.6. The second-order valence-corrected chi connectivity index (χ2v) is 7.26. The molecular formula is C22H20N4O3S. The van der Waals surface area contributed by atoms with Crippen LogP contribution in [0.4, 0.5) is 5.69 Å². The van der Waals surface area contributed by atoms with E-state index in [1.54, 1.807) is 25.1 Å². The summed E-state index contributed by atoms with van der Waals surface area (Å²) in [5.74, 6) is 1.16. The van der Waals surface area contributed by atoms with Gasteiger partial charge in [-0.05, 0) is 36.4 Å². The molecule has 1 amide bonds. The number of rotatable bonds is 7. The smallest absolute Gasteiger partial charge is 0.230 e. The summed E-state index contributed by atoms with van der Waals surface area (Å²) in [6.45, 7) is 0. The highest BCUT2D eigenvalue weighted by molar-refractivity contribution is 7.13. The third-order valence-corrected chi connectivity index (χ3v) is 5.39. The van der Waals surface area contributed by atoms with Gasteiger partial charge in [0.05, 0.1) is 37.7 Å². The number of carbonyl (C=O) groups excluding carboxylic acids is 1. The van der Waals surface area contributed by atoms with Gasteiger partial charge in [-0.25, -0.2) is 9.67 Å². The van der Waals surface area contributed by atoms with Gasteiger partial charge < -0.3 is 14.8 Å². The molecule has 0 aliphatic carbocycles. The lowest BCUT2D eigenvalue weighted by molar-refractivity contribution is -0.115. The fraction of sp³-hybridized carbons (Fsp3) is 0.136.